The quantitative estimate of drug-likeness (QED) is 0.726. The fourth-order valence-electron chi connectivity index (χ4n) is 1.07. The van der Waals surface area contributed by atoms with Crippen molar-refractivity contribution in [2.45, 2.75) is 61.8 Å². The summed E-state index contributed by atoms with van der Waals surface area (Å²) in [6.07, 6.45) is 0.667. The second kappa shape index (κ2) is 9.38. The van der Waals surface area contributed by atoms with Crippen LogP contribution in [-0.4, -0.2) is 11.6 Å². The SMILES string of the molecule is CC(C)C(C)C(=O)C(C)C(C)C.CCC(C)=O. The molecule has 0 saturated carbocycles. The van der Waals surface area contributed by atoms with Gasteiger partial charge in [-0.15, -0.1) is 0 Å². The van der Waals surface area contributed by atoms with Crippen LogP contribution >= 0.6 is 0 Å². The monoisotopic (exact) mass is 242 g/mol. The van der Waals surface area contributed by atoms with Crippen molar-refractivity contribution in [1.29, 1.82) is 0 Å². The molecule has 0 aromatic heterocycles. The Labute approximate surface area is 107 Å². The molecule has 0 fully saturated rings. The molecule has 2 heteroatoms. The lowest BCUT2D eigenvalue weighted by molar-refractivity contribution is -0.128. The first-order valence-corrected chi connectivity index (χ1v) is 6.68. The van der Waals surface area contributed by atoms with Crippen LogP contribution < -0.4 is 0 Å². The van der Waals surface area contributed by atoms with E-state index in [2.05, 4.69) is 27.7 Å². The third kappa shape index (κ3) is 9.08. The molecule has 0 rings (SSSR count). The minimum atomic E-state index is 0.211. The first-order valence-electron chi connectivity index (χ1n) is 6.68. The minimum absolute atomic E-state index is 0.211. The van der Waals surface area contributed by atoms with Gasteiger partial charge in [0.15, 0.2) is 0 Å². The van der Waals surface area contributed by atoms with Gasteiger partial charge in [0.2, 0.25) is 0 Å². The number of carbonyl (C=O) groups is 2. The Morgan fingerprint density at radius 1 is 0.824 bits per heavy atom. The fourth-order valence-corrected chi connectivity index (χ4v) is 1.07. The zero-order valence-corrected chi connectivity index (χ0v) is 12.8. The van der Waals surface area contributed by atoms with Crippen LogP contribution in [0.25, 0.3) is 0 Å². The van der Waals surface area contributed by atoms with Crippen LogP contribution in [0.5, 0.6) is 0 Å². The third-order valence-electron chi connectivity index (χ3n) is 3.40. The van der Waals surface area contributed by atoms with E-state index < -0.39 is 0 Å². The molecule has 0 amide bonds. The lowest BCUT2D eigenvalue weighted by Crippen LogP contribution is -2.26. The molecule has 0 N–H and O–H groups in total. The Balaban J connectivity index is 0. The fraction of sp³-hybridized carbons (Fsp3) is 0.867. The molecule has 0 aromatic rings. The standard InChI is InChI=1S/C11H22O.C4H8O/c1-7(2)9(5)11(12)10(6)8(3)4;1-3-4(2)5/h7-10H,1-6H3;3H2,1-2H3. The Bertz CT molecular complexity index is 213. The minimum Gasteiger partial charge on any atom is -0.300 e. The Morgan fingerprint density at radius 3 is 1.18 bits per heavy atom. The van der Waals surface area contributed by atoms with Gasteiger partial charge in [0.25, 0.3) is 0 Å². The van der Waals surface area contributed by atoms with E-state index in [4.69, 9.17) is 0 Å². The molecule has 0 aromatic carbocycles. The van der Waals surface area contributed by atoms with Crippen LogP contribution in [0.3, 0.4) is 0 Å². The van der Waals surface area contributed by atoms with E-state index in [1.807, 2.05) is 20.8 Å². The molecule has 0 spiro atoms. The highest BCUT2D eigenvalue weighted by atomic mass is 16.1. The lowest BCUT2D eigenvalue weighted by atomic mass is 9.82. The average molecular weight is 242 g/mol. The molecule has 0 aliphatic carbocycles. The van der Waals surface area contributed by atoms with Gasteiger partial charge in [-0.25, -0.2) is 0 Å². The van der Waals surface area contributed by atoms with Crippen molar-refractivity contribution in [3.05, 3.63) is 0 Å². The molecule has 2 atom stereocenters. The van der Waals surface area contributed by atoms with Crippen LogP contribution in [0.4, 0.5) is 0 Å². The molecule has 2 nitrogen and oxygen atoms in total. The number of hydrogen-bond donors (Lipinski definition) is 0. The smallest absolute Gasteiger partial charge is 0.138 e. The molecular weight excluding hydrogens is 212 g/mol. The summed E-state index contributed by atoms with van der Waals surface area (Å²) in [5.74, 6) is 2.03. The molecule has 0 bridgehead atoms. The summed E-state index contributed by atoms with van der Waals surface area (Å²) in [7, 11) is 0. The number of carbonyl (C=O) groups excluding carboxylic acids is 2. The van der Waals surface area contributed by atoms with Crippen molar-refractivity contribution in [2.24, 2.45) is 23.7 Å². The van der Waals surface area contributed by atoms with E-state index in [9.17, 15) is 9.59 Å². The van der Waals surface area contributed by atoms with Crippen LogP contribution in [0, 0.1) is 23.7 Å². The Kier molecular flexibility index (Phi) is 10.3. The second-order valence-electron chi connectivity index (χ2n) is 5.52. The van der Waals surface area contributed by atoms with Crippen molar-refractivity contribution in [2.75, 3.05) is 0 Å². The van der Waals surface area contributed by atoms with Gasteiger partial charge in [0, 0.05) is 18.3 Å². The van der Waals surface area contributed by atoms with Crippen LogP contribution in [0.1, 0.15) is 61.8 Å². The van der Waals surface area contributed by atoms with E-state index in [0.717, 1.165) is 0 Å². The van der Waals surface area contributed by atoms with Gasteiger partial charge in [-0.05, 0) is 18.8 Å². The molecule has 102 valence electrons. The summed E-state index contributed by atoms with van der Waals surface area (Å²) in [4.78, 5) is 21.5. The normalized spacial score (nSPS) is 14.0. The van der Waals surface area contributed by atoms with Crippen LogP contribution in [0.15, 0.2) is 0 Å². The van der Waals surface area contributed by atoms with Gasteiger partial charge in [0.1, 0.15) is 11.6 Å². The van der Waals surface area contributed by atoms with Crippen molar-refractivity contribution >= 4 is 11.6 Å². The van der Waals surface area contributed by atoms with Gasteiger partial charge in [-0.1, -0.05) is 48.5 Å². The maximum atomic E-state index is 11.7. The van der Waals surface area contributed by atoms with Gasteiger partial charge >= 0.3 is 0 Å². The highest BCUT2D eigenvalue weighted by Gasteiger charge is 2.24. The van der Waals surface area contributed by atoms with Crippen LogP contribution in [-0.2, 0) is 9.59 Å². The van der Waals surface area contributed by atoms with Crippen molar-refractivity contribution in [3.63, 3.8) is 0 Å². The van der Waals surface area contributed by atoms with Crippen molar-refractivity contribution in [3.8, 4) is 0 Å². The van der Waals surface area contributed by atoms with Gasteiger partial charge in [-0.3, -0.25) is 4.79 Å². The van der Waals surface area contributed by atoms with E-state index in [0.29, 0.717) is 24.0 Å². The van der Waals surface area contributed by atoms with E-state index >= 15 is 0 Å². The predicted molar refractivity (Wildman–Crippen MR) is 74.0 cm³/mol. The molecule has 0 saturated heterocycles. The van der Waals surface area contributed by atoms with E-state index in [1.165, 1.54) is 0 Å². The highest BCUT2D eigenvalue weighted by Crippen LogP contribution is 2.20. The maximum absolute atomic E-state index is 11.7. The van der Waals surface area contributed by atoms with Crippen molar-refractivity contribution in [1.82, 2.24) is 0 Å². The lowest BCUT2D eigenvalue weighted by Gasteiger charge is -2.21. The summed E-state index contributed by atoms with van der Waals surface area (Å²) in [5, 5.41) is 0. The Hall–Kier alpha value is -0.660. The number of Topliss-reactive ketones (excluding diaryl/α,β-unsaturated/α-hetero) is 2. The Morgan fingerprint density at radius 2 is 1.06 bits per heavy atom. The summed E-state index contributed by atoms with van der Waals surface area (Å²) in [6.45, 7) is 15.9. The molecule has 0 aliphatic rings. The number of hydrogen-bond acceptors (Lipinski definition) is 2. The molecule has 17 heavy (non-hydrogen) atoms. The first-order chi connectivity index (χ1) is 7.64. The van der Waals surface area contributed by atoms with Gasteiger partial charge in [0.05, 0.1) is 0 Å². The average Bonchev–Trinajstić information content (AvgIpc) is 2.26. The highest BCUT2D eigenvalue weighted by molar-refractivity contribution is 5.83. The molecule has 0 heterocycles. The van der Waals surface area contributed by atoms with E-state index in [1.54, 1.807) is 6.92 Å². The molecular formula is C15H30O2. The maximum Gasteiger partial charge on any atom is 0.138 e. The third-order valence-corrected chi connectivity index (χ3v) is 3.40. The van der Waals surface area contributed by atoms with Crippen molar-refractivity contribution < 1.29 is 9.59 Å². The van der Waals surface area contributed by atoms with Crippen LogP contribution in [0.2, 0.25) is 0 Å². The summed E-state index contributed by atoms with van der Waals surface area (Å²) in [6, 6.07) is 0. The topological polar surface area (TPSA) is 34.1 Å². The summed E-state index contributed by atoms with van der Waals surface area (Å²) < 4.78 is 0. The summed E-state index contributed by atoms with van der Waals surface area (Å²) in [5.41, 5.74) is 0. The molecule has 0 aliphatic heterocycles. The second-order valence-corrected chi connectivity index (χ2v) is 5.52. The van der Waals surface area contributed by atoms with E-state index in [-0.39, 0.29) is 17.6 Å². The largest absolute Gasteiger partial charge is 0.300 e. The zero-order chi connectivity index (χ0) is 14.2. The predicted octanol–water partition coefficient (Wildman–Crippen LogP) is 4.13. The zero-order valence-electron chi connectivity index (χ0n) is 12.8. The van der Waals surface area contributed by atoms with Gasteiger partial charge < -0.3 is 4.79 Å². The number of ketones is 2. The number of rotatable bonds is 5. The summed E-state index contributed by atoms with van der Waals surface area (Å²) >= 11 is 0. The van der Waals surface area contributed by atoms with Gasteiger partial charge in [-0.2, -0.15) is 0 Å². The first kappa shape index (κ1) is 18.7. The molecule has 2 unspecified atom stereocenters. The molecule has 0 radical (unpaired) electrons.